The van der Waals surface area contributed by atoms with Crippen LogP contribution in [0.1, 0.15) is 46.5 Å². The largest absolute Gasteiger partial charge is 0.315 e. The fourth-order valence-electron chi connectivity index (χ4n) is 2.25. The predicted molar refractivity (Wildman–Crippen MR) is 62.6 cm³/mol. The second kappa shape index (κ2) is 6.41. The fourth-order valence-corrected chi connectivity index (χ4v) is 2.25. The lowest BCUT2D eigenvalue weighted by atomic mass is 10.1. The zero-order chi connectivity index (χ0) is 10.4. The topological polar surface area (TPSA) is 15.3 Å². The molecule has 1 aliphatic carbocycles. The molecule has 0 amide bonds. The molecule has 1 rings (SSSR count). The molecule has 1 aliphatic rings. The highest BCUT2D eigenvalue weighted by Crippen LogP contribution is 2.29. The highest BCUT2D eigenvalue weighted by atomic mass is 15.2. The Morgan fingerprint density at radius 1 is 1.29 bits per heavy atom. The molecule has 1 fully saturated rings. The van der Waals surface area contributed by atoms with E-state index in [0.29, 0.717) is 0 Å². The maximum Gasteiger partial charge on any atom is 0.0223 e. The Morgan fingerprint density at radius 3 is 2.43 bits per heavy atom. The number of nitrogens with one attached hydrogen (secondary N) is 1. The van der Waals surface area contributed by atoms with Crippen LogP contribution in [0.5, 0.6) is 0 Å². The van der Waals surface area contributed by atoms with E-state index in [4.69, 9.17) is 0 Å². The van der Waals surface area contributed by atoms with Crippen LogP contribution in [0.2, 0.25) is 0 Å². The minimum atomic E-state index is 0.775. The van der Waals surface area contributed by atoms with Gasteiger partial charge in [0.05, 0.1) is 0 Å². The molecule has 0 aromatic carbocycles. The third-order valence-corrected chi connectivity index (χ3v) is 3.10. The van der Waals surface area contributed by atoms with E-state index in [1.807, 2.05) is 0 Å². The van der Waals surface area contributed by atoms with Crippen molar-refractivity contribution in [1.29, 1.82) is 0 Å². The van der Waals surface area contributed by atoms with Crippen molar-refractivity contribution < 1.29 is 0 Å². The molecule has 1 unspecified atom stereocenters. The lowest BCUT2D eigenvalue weighted by Crippen LogP contribution is -2.43. The number of nitrogens with zero attached hydrogens (tertiary/aromatic N) is 1. The van der Waals surface area contributed by atoms with Gasteiger partial charge in [-0.1, -0.05) is 27.2 Å². The number of likely N-dealkylation sites (N-methyl/N-ethyl adjacent to an activating group) is 2. The summed E-state index contributed by atoms with van der Waals surface area (Å²) in [5, 5.41) is 3.49. The third-order valence-electron chi connectivity index (χ3n) is 3.10. The van der Waals surface area contributed by atoms with Gasteiger partial charge in [0, 0.05) is 18.6 Å². The first-order valence-corrected chi connectivity index (χ1v) is 6.29. The minimum Gasteiger partial charge on any atom is -0.315 e. The molecule has 0 radical (unpaired) electrons. The summed E-state index contributed by atoms with van der Waals surface area (Å²) in [4.78, 5) is 2.70. The normalized spacial score (nSPS) is 18.9. The van der Waals surface area contributed by atoms with Gasteiger partial charge in [0.25, 0.3) is 0 Å². The van der Waals surface area contributed by atoms with Crippen LogP contribution in [0, 0.1) is 0 Å². The van der Waals surface area contributed by atoms with Crippen molar-refractivity contribution in [1.82, 2.24) is 10.2 Å². The van der Waals surface area contributed by atoms with E-state index in [9.17, 15) is 0 Å². The van der Waals surface area contributed by atoms with Gasteiger partial charge in [-0.05, 0) is 32.4 Å². The quantitative estimate of drug-likeness (QED) is 0.643. The number of rotatable bonds is 8. The van der Waals surface area contributed by atoms with Crippen molar-refractivity contribution >= 4 is 0 Å². The highest BCUT2D eigenvalue weighted by molar-refractivity contribution is 4.88. The second-order valence-electron chi connectivity index (χ2n) is 4.31. The third kappa shape index (κ3) is 3.58. The summed E-state index contributed by atoms with van der Waals surface area (Å²) in [6.07, 6.45) is 5.51. The van der Waals surface area contributed by atoms with Crippen LogP contribution in [0.4, 0.5) is 0 Å². The molecule has 0 saturated heterocycles. The van der Waals surface area contributed by atoms with Crippen LogP contribution >= 0.6 is 0 Å². The molecule has 0 heterocycles. The summed E-state index contributed by atoms with van der Waals surface area (Å²) >= 11 is 0. The average Bonchev–Trinajstić information content (AvgIpc) is 2.99. The highest BCUT2D eigenvalue weighted by Gasteiger charge is 2.31. The van der Waals surface area contributed by atoms with E-state index < -0.39 is 0 Å². The molecular weight excluding hydrogens is 172 g/mol. The number of hydrogen-bond acceptors (Lipinski definition) is 2. The van der Waals surface area contributed by atoms with Gasteiger partial charge in [-0.15, -0.1) is 0 Å². The Balaban J connectivity index is 2.36. The molecule has 2 nitrogen and oxygen atoms in total. The zero-order valence-corrected chi connectivity index (χ0v) is 10.1. The molecule has 0 aromatic heterocycles. The Labute approximate surface area is 89.1 Å². The van der Waals surface area contributed by atoms with E-state index in [0.717, 1.165) is 18.6 Å². The maximum atomic E-state index is 3.49. The molecule has 14 heavy (non-hydrogen) atoms. The smallest absolute Gasteiger partial charge is 0.0223 e. The summed E-state index contributed by atoms with van der Waals surface area (Å²) in [5.74, 6) is 0. The lowest BCUT2D eigenvalue weighted by molar-refractivity contribution is 0.181. The van der Waals surface area contributed by atoms with Crippen molar-refractivity contribution in [3.63, 3.8) is 0 Å². The SMILES string of the molecule is CCCC(CNCC)N(CC)C1CC1. The van der Waals surface area contributed by atoms with E-state index in [1.54, 1.807) is 0 Å². The minimum absolute atomic E-state index is 0.775. The maximum absolute atomic E-state index is 3.49. The van der Waals surface area contributed by atoms with Crippen molar-refractivity contribution in [3.05, 3.63) is 0 Å². The Morgan fingerprint density at radius 2 is 2.00 bits per heavy atom. The number of hydrogen-bond donors (Lipinski definition) is 1. The summed E-state index contributed by atoms with van der Waals surface area (Å²) in [5.41, 5.74) is 0. The molecule has 0 aliphatic heterocycles. The van der Waals surface area contributed by atoms with Crippen LogP contribution in [-0.4, -0.2) is 36.6 Å². The Hall–Kier alpha value is -0.0800. The van der Waals surface area contributed by atoms with E-state index in [1.165, 1.54) is 38.8 Å². The standard InChI is InChI=1S/C12H26N2/c1-4-7-12(10-13-5-2)14(6-3)11-8-9-11/h11-13H,4-10H2,1-3H3. The van der Waals surface area contributed by atoms with Crippen molar-refractivity contribution in [2.75, 3.05) is 19.6 Å². The van der Waals surface area contributed by atoms with E-state index in [-0.39, 0.29) is 0 Å². The average molecular weight is 198 g/mol. The second-order valence-corrected chi connectivity index (χ2v) is 4.31. The van der Waals surface area contributed by atoms with Gasteiger partial charge in [-0.2, -0.15) is 0 Å². The molecule has 0 bridgehead atoms. The molecule has 1 N–H and O–H groups in total. The van der Waals surface area contributed by atoms with Gasteiger partial charge < -0.3 is 5.32 Å². The molecule has 0 aromatic rings. The van der Waals surface area contributed by atoms with Gasteiger partial charge in [0.2, 0.25) is 0 Å². The van der Waals surface area contributed by atoms with Crippen LogP contribution in [0.25, 0.3) is 0 Å². The molecule has 1 saturated carbocycles. The van der Waals surface area contributed by atoms with Gasteiger partial charge >= 0.3 is 0 Å². The summed E-state index contributed by atoms with van der Waals surface area (Å²) < 4.78 is 0. The Kier molecular flexibility index (Phi) is 5.49. The molecular formula is C12H26N2. The van der Waals surface area contributed by atoms with Crippen LogP contribution in [0.3, 0.4) is 0 Å². The molecule has 1 atom stereocenters. The van der Waals surface area contributed by atoms with Crippen LogP contribution in [0.15, 0.2) is 0 Å². The Bertz CT molecular complexity index is 143. The summed E-state index contributed by atoms with van der Waals surface area (Å²) in [6.45, 7) is 10.3. The first-order chi connectivity index (χ1) is 6.83. The van der Waals surface area contributed by atoms with E-state index in [2.05, 4.69) is 31.0 Å². The van der Waals surface area contributed by atoms with E-state index >= 15 is 0 Å². The van der Waals surface area contributed by atoms with Gasteiger partial charge in [0.15, 0.2) is 0 Å². The van der Waals surface area contributed by atoms with Gasteiger partial charge in [-0.3, -0.25) is 4.90 Å². The van der Waals surface area contributed by atoms with Crippen molar-refractivity contribution in [2.24, 2.45) is 0 Å². The van der Waals surface area contributed by atoms with Gasteiger partial charge in [0.1, 0.15) is 0 Å². The van der Waals surface area contributed by atoms with Crippen molar-refractivity contribution in [3.8, 4) is 0 Å². The first kappa shape index (κ1) is 12.0. The fraction of sp³-hybridized carbons (Fsp3) is 1.00. The first-order valence-electron chi connectivity index (χ1n) is 6.29. The summed E-state index contributed by atoms with van der Waals surface area (Å²) in [6, 6.07) is 1.69. The molecule has 84 valence electrons. The van der Waals surface area contributed by atoms with Crippen LogP contribution < -0.4 is 5.32 Å². The zero-order valence-electron chi connectivity index (χ0n) is 10.1. The monoisotopic (exact) mass is 198 g/mol. The lowest BCUT2D eigenvalue weighted by Gasteiger charge is -2.30. The van der Waals surface area contributed by atoms with Gasteiger partial charge in [-0.25, -0.2) is 0 Å². The van der Waals surface area contributed by atoms with Crippen molar-refractivity contribution in [2.45, 2.75) is 58.5 Å². The molecule has 2 heteroatoms. The molecule has 0 spiro atoms. The predicted octanol–water partition coefficient (Wildman–Crippen LogP) is 2.25. The van der Waals surface area contributed by atoms with Crippen LogP contribution in [-0.2, 0) is 0 Å². The summed E-state index contributed by atoms with van der Waals surface area (Å²) in [7, 11) is 0.